The third-order valence-electron chi connectivity index (χ3n) is 4.15. The lowest BCUT2D eigenvalue weighted by Gasteiger charge is -2.29. The van der Waals surface area contributed by atoms with Gasteiger partial charge in [-0.15, -0.1) is 0 Å². The average Bonchev–Trinajstić information content (AvgIpc) is 2.55. The molecule has 7 heteroatoms. The van der Waals surface area contributed by atoms with Gasteiger partial charge >= 0.3 is 5.97 Å². The van der Waals surface area contributed by atoms with Crippen molar-refractivity contribution in [1.29, 1.82) is 0 Å². The summed E-state index contributed by atoms with van der Waals surface area (Å²) < 4.78 is 27.0. The van der Waals surface area contributed by atoms with Gasteiger partial charge in [0.1, 0.15) is 0 Å². The number of carboxylic acids is 1. The Morgan fingerprint density at radius 3 is 2.58 bits per heavy atom. The first-order valence-corrected chi connectivity index (χ1v) is 9.26. The van der Waals surface area contributed by atoms with E-state index in [1.807, 2.05) is 0 Å². The minimum absolute atomic E-state index is 0.00455. The minimum atomic E-state index is -3.61. The van der Waals surface area contributed by atoms with Crippen molar-refractivity contribution in [2.75, 3.05) is 20.1 Å². The summed E-state index contributed by atoms with van der Waals surface area (Å²) in [4.78, 5) is 15.3. The van der Waals surface area contributed by atoms with Crippen LogP contribution in [0.5, 0.6) is 0 Å². The normalized spacial score (nSPS) is 18.2. The number of nitrogens with zero attached hydrogens (tertiary/aromatic N) is 2. The van der Waals surface area contributed by atoms with Crippen LogP contribution < -0.4 is 0 Å². The Labute approximate surface area is 142 Å². The van der Waals surface area contributed by atoms with Crippen LogP contribution in [-0.2, 0) is 14.8 Å². The zero-order valence-corrected chi connectivity index (χ0v) is 14.7. The molecule has 0 saturated carbocycles. The van der Waals surface area contributed by atoms with E-state index in [1.54, 1.807) is 12.1 Å². The van der Waals surface area contributed by atoms with E-state index in [9.17, 15) is 18.3 Å². The third-order valence-corrected chi connectivity index (χ3v) is 6.04. The van der Waals surface area contributed by atoms with E-state index in [4.69, 9.17) is 0 Å². The minimum Gasteiger partial charge on any atom is -0.478 e. The van der Waals surface area contributed by atoms with Crippen LogP contribution in [-0.4, -0.2) is 50.2 Å². The number of benzene rings is 1. The zero-order chi connectivity index (χ0) is 17.7. The molecule has 0 spiro atoms. The van der Waals surface area contributed by atoms with Gasteiger partial charge in [0.05, 0.1) is 10.5 Å². The second-order valence-corrected chi connectivity index (χ2v) is 7.85. The van der Waals surface area contributed by atoms with Crippen LogP contribution >= 0.6 is 0 Å². The molecule has 1 fully saturated rings. The fourth-order valence-electron chi connectivity index (χ4n) is 2.64. The van der Waals surface area contributed by atoms with Crippen molar-refractivity contribution in [3.8, 4) is 0 Å². The highest BCUT2D eigenvalue weighted by Gasteiger charge is 2.28. The van der Waals surface area contributed by atoms with Crippen LogP contribution in [0, 0.1) is 5.92 Å². The van der Waals surface area contributed by atoms with Crippen LogP contribution in [0.1, 0.15) is 25.3 Å². The van der Waals surface area contributed by atoms with Gasteiger partial charge in [-0.05, 0) is 42.5 Å². The van der Waals surface area contributed by atoms with Crippen molar-refractivity contribution in [1.82, 2.24) is 4.31 Å². The van der Waals surface area contributed by atoms with Gasteiger partial charge in [0.2, 0.25) is 10.0 Å². The standard InChI is InChI=1S/C17H22N2O4S/c1-13-7-10-19(11-8-13)24(22,23)15-5-3-4-14(12-15)16(17(20)21)6-9-18-2/h3-6,9,12-13H,7-8,10-11H2,1-2H3,(H,20,21)/b16-6+,18-9-. The Kier molecular flexibility index (Phi) is 5.90. The molecule has 6 nitrogen and oxygen atoms in total. The van der Waals surface area contributed by atoms with Crippen molar-refractivity contribution in [2.45, 2.75) is 24.7 Å². The topological polar surface area (TPSA) is 87.0 Å². The van der Waals surface area contributed by atoms with Crippen molar-refractivity contribution in [2.24, 2.45) is 10.9 Å². The second kappa shape index (κ2) is 7.72. The molecule has 0 aromatic heterocycles. The highest BCUT2D eigenvalue weighted by molar-refractivity contribution is 7.89. The number of carboxylic acid groups (broad SMARTS) is 1. The predicted molar refractivity (Wildman–Crippen MR) is 93.6 cm³/mol. The van der Waals surface area contributed by atoms with Crippen molar-refractivity contribution < 1.29 is 18.3 Å². The van der Waals surface area contributed by atoms with E-state index in [0.29, 0.717) is 24.6 Å². The van der Waals surface area contributed by atoms with Crippen LogP contribution in [0.15, 0.2) is 40.2 Å². The van der Waals surface area contributed by atoms with E-state index in [0.717, 1.165) is 12.8 Å². The Morgan fingerprint density at radius 1 is 1.33 bits per heavy atom. The van der Waals surface area contributed by atoms with Crippen LogP contribution in [0.25, 0.3) is 5.57 Å². The summed E-state index contributed by atoms with van der Waals surface area (Å²) in [5.41, 5.74) is 0.346. The van der Waals surface area contributed by atoms with Crippen molar-refractivity contribution >= 4 is 27.8 Å². The van der Waals surface area contributed by atoms with E-state index in [-0.39, 0.29) is 10.5 Å². The Bertz CT molecular complexity index is 761. The summed E-state index contributed by atoms with van der Waals surface area (Å²) >= 11 is 0. The average molecular weight is 350 g/mol. The van der Waals surface area contributed by atoms with Crippen LogP contribution in [0.2, 0.25) is 0 Å². The van der Waals surface area contributed by atoms with Gasteiger partial charge in [0.15, 0.2) is 0 Å². The lowest BCUT2D eigenvalue weighted by molar-refractivity contribution is -0.130. The lowest BCUT2D eigenvalue weighted by Crippen LogP contribution is -2.37. The van der Waals surface area contributed by atoms with Gasteiger partial charge in [-0.3, -0.25) is 4.99 Å². The molecule has 0 unspecified atom stereocenters. The number of hydrogen-bond acceptors (Lipinski definition) is 4. The number of rotatable bonds is 5. The third kappa shape index (κ3) is 4.10. The Hall–Kier alpha value is -1.99. The first-order chi connectivity index (χ1) is 11.4. The van der Waals surface area contributed by atoms with Crippen LogP contribution in [0.4, 0.5) is 0 Å². The summed E-state index contributed by atoms with van der Waals surface area (Å²) in [6, 6.07) is 6.07. The number of allylic oxidation sites excluding steroid dienone is 1. The highest BCUT2D eigenvalue weighted by atomic mass is 32.2. The molecule has 0 aliphatic carbocycles. The molecular weight excluding hydrogens is 328 g/mol. The maximum Gasteiger partial charge on any atom is 0.336 e. The van der Waals surface area contributed by atoms with Crippen LogP contribution in [0.3, 0.4) is 0 Å². The molecule has 2 rings (SSSR count). The lowest BCUT2D eigenvalue weighted by atomic mass is 10.0. The molecule has 0 bridgehead atoms. The smallest absolute Gasteiger partial charge is 0.336 e. The predicted octanol–water partition coefficient (Wildman–Crippen LogP) is 2.28. The molecule has 1 aliphatic heterocycles. The van der Waals surface area contributed by atoms with Gasteiger partial charge in [0, 0.05) is 26.4 Å². The fourth-order valence-corrected chi connectivity index (χ4v) is 4.15. The maximum atomic E-state index is 12.8. The summed E-state index contributed by atoms with van der Waals surface area (Å²) in [6.45, 7) is 3.11. The van der Waals surface area contributed by atoms with Crippen molar-refractivity contribution in [3.05, 3.63) is 35.9 Å². The summed E-state index contributed by atoms with van der Waals surface area (Å²) in [6.07, 6.45) is 4.41. The summed E-state index contributed by atoms with van der Waals surface area (Å²) in [5.74, 6) is -0.603. The summed E-state index contributed by atoms with van der Waals surface area (Å²) in [7, 11) is -2.07. The SMILES string of the molecule is C/N=C\C=C(\C(=O)O)c1cccc(S(=O)(=O)N2CCC(C)CC2)c1. The number of piperidine rings is 1. The second-order valence-electron chi connectivity index (χ2n) is 5.91. The quantitative estimate of drug-likeness (QED) is 0.652. The molecule has 1 aliphatic rings. The maximum absolute atomic E-state index is 12.8. The molecule has 1 heterocycles. The molecule has 0 radical (unpaired) electrons. The summed E-state index contributed by atoms with van der Waals surface area (Å²) in [5, 5.41) is 9.34. The molecule has 0 amide bonds. The van der Waals surface area contributed by atoms with Gasteiger partial charge in [-0.1, -0.05) is 19.1 Å². The number of hydrogen-bond donors (Lipinski definition) is 1. The van der Waals surface area contributed by atoms with E-state index < -0.39 is 16.0 Å². The number of aliphatic imine (C=N–C) groups is 1. The molecule has 130 valence electrons. The number of carbonyl (C=O) groups is 1. The fraction of sp³-hybridized carbons (Fsp3) is 0.412. The number of sulfonamides is 1. The first kappa shape index (κ1) is 18.4. The van der Waals surface area contributed by atoms with Gasteiger partial charge in [-0.2, -0.15) is 4.31 Å². The zero-order valence-electron chi connectivity index (χ0n) is 13.8. The van der Waals surface area contributed by atoms with E-state index in [2.05, 4.69) is 11.9 Å². The van der Waals surface area contributed by atoms with Gasteiger partial charge in [0.25, 0.3) is 0 Å². The Morgan fingerprint density at radius 2 is 2.00 bits per heavy atom. The van der Waals surface area contributed by atoms with Gasteiger partial charge in [-0.25, -0.2) is 13.2 Å². The molecule has 1 N–H and O–H groups in total. The molecule has 1 saturated heterocycles. The number of aliphatic carboxylic acids is 1. The monoisotopic (exact) mass is 350 g/mol. The van der Waals surface area contributed by atoms with E-state index >= 15 is 0 Å². The molecular formula is C17H22N2O4S. The molecule has 0 atom stereocenters. The highest BCUT2D eigenvalue weighted by Crippen LogP contribution is 2.25. The van der Waals surface area contributed by atoms with E-state index in [1.165, 1.54) is 35.8 Å². The Balaban J connectivity index is 2.37. The largest absolute Gasteiger partial charge is 0.478 e. The molecule has 1 aromatic rings. The van der Waals surface area contributed by atoms with Crippen molar-refractivity contribution in [3.63, 3.8) is 0 Å². The molecule has 1 aromatic carbocycles. The molecule has 24 heavy (non-hydrogen) atoms. The van der Waals surface area contributed by atoms with Gasteiger partial charge < -0.3 is 5.11 Å². The first-order valence-electron chi connectivity index (χ1n) is 7.82.